The van der Waals surface area contributed by atoms with Gasteiger partial charge in [-0.05, 0) is 32.0 Å². The average Bonchev–Trinajstić information content (AvgIpc) is 2.78. The van der Waals surface area contributed by atoms with Gasteiger partial charge in [0.25, 0.3) is 0 Å². The van der Waals surface area contributed by atoms with Crippen LogP contribution in [0.5, 0.6) is 0 Å². The Kier molecular flexibility index (Phi) is 4.98. The molecule has 0 unspecified atom stereocenters. The normalized spacial score (nSPS) is 13.0. The summed E-state index contributed by atoms with van der Waals surface area (Å²) in [5.74, 6) is 0.299. The molecule has 0 aliphatic heterocycles. The number of nitrogens with one attached hydrogen (secondary N) is 1. The monoisotopic (exact) mass is 344 g/mol. The molecule has 5 nitrogen and oxygen atoms in total. The number of nitrogens with zero attached hydrogens (tertiary/aromatic N) is 3. The molecule has 23 heavy (non-hydrogen) atoms. The fraction of sp³-hybridized carbons (Fsp3) is 0.357. The van der Waals surface area contributed by atoms with E-state index in [0.717, 1.165) is 12.1 Å². The number of amides is 1. The van der Waals surface area contributed by atoms with Crippen LogP contribution in [0, 0.1) is 6.92 Å². The summed E-state index contributed by atoms with van der Waals surface area (Å²) in [6.07, 6.45) is -4.45. The highest BCUT2D eigenvalue weighted by Crippen LogP contribution is 2.31. The number of hydrogen-bond donors (Lipinski definition) is 1. The van der Waals surface area contributed by atoms with Gasteiger partial charge in [0.05, 0.1) is 10.8 Å². The summed E-state index contributed by atoms with van der Waals surface area (Å²) in [7, 11) is 1.77. The maximum Gasteiger partial charge on any atom is 0.416 e. The van der Waals surface area contributed by atoms with E-state index in [0.29, 0.717) is 11.0 Å². The lowest BCUT2D eigenvalue weighted by Gasteiger charge is -2.13. The molecule has 1 N–H and O–H groups in total. The average molecular weight is 344 g/mol. The van der Waals surface area contributed by atoms with Crippen LogP contribution in [-0.2, 0) is 18.0 Å². The summed E-state index contributed by atoms with van der Waals surface area (Å²) in [5.41, 5.74) is -0.703. The SMILES string of the molecule is Cc1nnc(S[C@@H](C)C(=O)Nc2cccc(C(F)(F)F)c2)n1C. The minimum atomic E-state index is -4.45. The van der Waals surface area contributed by atoms with E-state index in [-0.39, 0.29) is 5.69 Å². The van der Waals surface area contributed by atoms with Gasteiger partial charge in [-0.15, -0.1) is 10.2 Å². The Morgan fingerprint density at radius 2 is 2.04 bits per heavy atom. The number of alkyl halides is 3. The van der Waals surface area contributed by atoms with E-state index in [2.05, 4.69) is 15.5 Å². The van der Waals surface area contributed by atoms with E-state index >= 15 is 0 Å². The molecule has 0 fully saturated rings. The molecule has 1 amide bonds. The second kappa shape index (κ2) is 6.61. The zero-order chi connectivity index (χ0) is 17.2. The van der Waals surface area contributed by atoms with E-state index in [4.69, 9.17) is 0 Å². The van der Waals surface area contributed by atoms with Crippen molar-refractivity contribution >= 4 is 23.4 Å². The van der Waals surface area contributed by atoms with Crippen LogP contribution >= 0.6 is 11.8 Å². The molecular formula is C14H15F3N4OS. The maximum absolute atomic E-state index is 12.7. The van der Waals surface area contributed by atoms with Crippen LogP contribution < -0.4 is 5.32 Å². The van der Waals surface area contributed by atoms with Gasteiger partial charge >= 0.3 is 6.18 Å². The molecule has 1 heterocycles. The summed E-state index contributed by atoms with van der Waals surface area (Å²) < 4.78 is 39.7. The van der Waals surface area contributed by atoms with Gasteiger partial charge < -0.3 is 9.88 Å². The van der Waals surface area contributed by atoms with Crippen LogP contribution in [0.1, 0.15) is 18.3 Å². The van der Waals surface area contributed by atoms with E-state index in [9.17, 15) is 18.0 Å². The zero-order valence-electron chi connectivity index (χ0n) is 12.7. The Bertz CT molecular complexity index is 714. The topological polar surface area (TPSA) is 59.8 Å². The molecule has 0 radical (unpaired) electrons. The summed E-state index contributed by atoms with van der Waals surface area (Å²) in [5, 5.41) is 10.3. The highest BCUT2D eigenvalue weighted by atomic mass is 32.2. The van der Waals surface area contributed by atoms with Gasteiger partial charge in [0.2, 0.25) is 5.91 Å². The van der Waals surface area contributed by atoms with Crippen LogP contribution in [0.2, 0.25) is 0 Å². The van der Waals surface area contributed by atoms with Crippen molar-refractivity contribution in [3.05, 3.63) is 35.7 Å². The largest absolute Gasteiger partial charge is 0.416 e. The van der Waals surface area contributed by atoms with E-state index in [1.165, 1.54) is 23.9 Å². The van der Waals surface area contributed by atoms with Crippen molar-refractivity contribution in [1.29, 1.82) is 0 Å². The number of hydrogen-bond acceptors (Lipinski definition) is 4. The van der Waals surface area contributed by atoms with Gasteiger partial charge in [-0.3, -0.25) is 4.79 Å². The Balaban J connectivity index is 2.05. The predicted octanol–water partition coefficient (Wildman–Crippen LogP) is 3.26. The molecule has 0 aliphatic rings. The van der Waals surface area contributed by atoms with Gasteiger partial charge in [-0.1, -0.05) is 17.8 Å². The van der Waals surface area contributed by atoms with Crippen molar-refractivity contribution < 1.29 is 18.0 Å². The summed E-state index contributed by atoms with van der Waals surface area (Å²) in [4.78, 5) is 12.1. The first-order valence-electron chi connectivity index (χ1n) is 6.69. The third-order valence-electron chi connectivity index (χ3n) is 3.16. The summed E-state index contributed by atoms with van der Waals surface area (Å²) in [6.45, 7) is 3.43. The number of carbonyl (C=O) groups is 1. The molecule has 2 aromatic rings. The van der Waals surface area contributed by atoms with Crippen LogP contribution in [-0.4, -0.2) is 25.9 Å². The summed E-state index contributed by atoms with van der Waals surface area (Å²) >= 11 is 1.18. The molecule has 0 saturated carbocycles. The number of thioether (sulfide) groups is 1. The van der Waals surface area contributed by atoms with Crippen molar-refractivity contribution in [3.8, 4) is 0 Å². The van der Waals surface area contributed by atoms with Gasteiger partial charge in [0.1, 0.15) is 5.82 Å². The Morgan fingerprint density at radius 1 is 1.35 bits per heavy atom. The molecule has 0 saturated heterocycles. The molecule has 0 aliphatic carbocycles. The molecule has 1 atom stereocenters. The van der Waals surface area contributed by atoms with Crippen LogP contribution in [0.15, 0.2) is 29.4 Å². The Morgan fingerprint density at radius 3 is 2.61 bits per heavy atom. The van der Waals surface area contributed by atoms with Crippen LogP contribution in [0.25, 0.3) is 0 Å². The molecule has 1 aromatic heterocycles. The predicted molar refractivity (Wildman–Crippen MR) is 81.1 cm³/mol. The highest BCUT2D eigenvalue weighted by molar-refractivity contribution is 8.00. The fourth-order valence-electron chi connectivity index (χ4n) is 1.72. The first-order chi connectivity index (χ1) is 10.7. The van der Waals surface area contributed by atoms with Crippen molar-refractivity contribution in [2.24, 2.45) is 7.05 Å². The molecule has 0 spiro atoms. The molecule has 2 rings (SSSR count). The minimum Gasteiger partial charge on any atom is -0.325 e. The second-order valence-corrected chi connectivity index (χ2v) is 6.22. The number of rotatable bonds is 4. The van der Waals surface area contributed by atoms with Crippen molar-refractivity contribution in [1.82, 2.24) is 14.8 Å². The molecular weight excluding hydrogens is 329 g/mol. The van der Waals surface area contributed by atoms with Crippen molar-refractivity contribution in [3.63, 3.8) is 0 Å². The number of anilines is 1. The van der Waals surface area contributed by atoms with Gasteiger partial charge in [-0.25, -0.2) is 0 Å². The fourth-order valence-corrected chi connectivity index (χ4v) is 2.58. The lowest BCUT2D eigenvalue weighted by Crippen LogP contribution is -2.23. The summed E-state index contributed by atoms with van der Waals surface area (Å²) in [6, 6.07) is 4.53. The van der Waals surface area contributed by atoms with Crippen LogP contribution in [0.4, 0.5) is 18.9 Å². The lowest BCUT2D eigenvalue weighted by molar-refractivity contribution is -0.137. The van der Waals surface area contributed by atoms with Crippen molar-refractivity contribution in [2.75, 3.05) is 5.32 Å². The Hall–Kier alpha value is -2.03. The molecule has 1 aromatic carbocycles. The van der Waals surface area contributed by atoms with Crippen LogP contribution in [0.3, 0.4) is 0 Å². The third-order valence-corrected chi connectivity index (χ3v) is 4.30. The molecule has 0 bridgehead atoms. The Labute approximate surface area is 135 Å². The van der Waals surface area contributed by atoms with Gasteiger partial charge in [0, 0.05) is 12.7 Å². The zero-order valence-corrected chi connectivity index (χ0v) is 13.5. The second-order valence-electron chi connectivity index (χ2n) is 4.92. The van der Waals surface area contributed by atoms with Crippen molar-refractivity contribution in [2.45, 2.75) is 30.4 Å². The third kappa shape index (κ3) is 4.25. The standard InChI is InChI=1S/C14H15F3N4OS/c1-8(23-13-20-19-9(2)21(13)3)12(22)18-11-6-4-5-10(7-11)14(15,16)17/h4-8H,1-3H3,(H,18,22)/t8-/m0/s1. The number of aryl methyl sites for hydroxylation is 1. The van der Waals surface area contributed by atoms with Gasteiger partial charge in [0.15, 0.2) is 5.16 Å². The quantitative estimate of drug-likeness (QED) is 0.865. The van der Waals surface area contributed by atoms with E-state index in [1.54, 1.807) is 25.5 Å². The smallest absolute Gasteiger partial charge is 0.325 e. The molecule has 9 heteroatoms. The highest BCUT2D eigenvalue weighted by Gasteiger charge is 2.30. The number of aromatic nitrogens is 3. The maximum atomic E-state index is 12.7. The van der Waals surface area contributed by atoms with Gasteiger partial charge in [-0.2, -0.15) is 13.2 Å². The minimum absolute atomic E-state index is 0.103. The number of benzene rings is 1. The molecule has 124 valence electrons. The number of halogens is 3. The first kappa shape index (κ1) is 17.3. The number of carbonyl (C=O) groups excluding carboxylic acids is 1. The lowest BCUT2D eigenvalue weighted by atomic mass is 10.2. The van der Waals surface area contributed by atoms with E-state index in [1.807, 2.05) is 0 Å². The van der Waals surface area contributed by atoms with E-state index < -0.39 is 22.9 Å². The first-order valence-corrected chi connectivity index (χ1v) is 7.57.